The maximum Gasteiger partial charge on any atom is 0.407 e. The van der Waals surface area contributed by atoms with Crippen molar-refractivity contribution in [2.75, 3.05) is 6.54 Å². The number of amides is 1. The molecule has 0 saturated carbocycles. The number of nitrogens with zero attached hydrogens (tertiary/aromatic N) is 1. The Morgan fingerprint density at radius 3 is 2.75 bits per heavy atom. The van der Waals surface area contributed by atoms with Crippen molar-refractivity contribution in [1.29, 1.82) is 0 Å². The Hall–Kier alpha value is -1.10. The first kappa shape index (κ1) is 13.0. The summed E-state index contributed by atoms with van der Waals surface area (Å²) in [5, 5.41) is 5.74. The average molecular weight is 242 g/mol. The van der Waals surface area contributed by atoms with Crippen LogP contribution >= 0.6 is 11.3 Å². The van der Waals surface area contributed by atoms with Crippen LogP contribution in [0.1, 0.15) is 31.5 Å². The number of aromatic nitrogens is 1. The second-order valence-electron chi connectivity index (χ2n) is 4.56. The van der Waals surface area contributed by atoms with E-state index >= 15 is 0 Å². The zero-order chi connectivity index (χ0) is 12.2. The van der Waals surface area contributed by atoms with Gasteiger partial charge in [0.05, 0.1) is 5.01 Å². The molecule has 5 heteroatoms. The van der Waals surface area contributed by atoms with Gasteiger partial charge in [0.1, 0.15) is 5.60 Å². The Morgan fingerprint density at radius 2 is 2.25 bits per heavy atom. The van der Waals surface area contributed by atoms with Crippen LogP contribution in [-0.4, -0.2) is 23.2 Å². The fourth-order valence-electron chi connectivity index (χ4n) is 1.10. The largest absolute Gasteiger partial charge is 0.444 e. The topological polar surface area (TPSA) is 51.2 Å². The number of alkyl carbamates (subject to hydrolysis) is 1. The molecule has 90 valence electrons. The lowest BCUT2D eigenvalue weighted by Gasteiger charge is -2.19. The van der Waals surface area contributed by atoms with Crippen molar-refractivity contribution in [3.05, 3.63) is 16.1 Å². The maximum absolute atomic E-state index is 11.3. The normalized spacial score (nSPS) is 11.2. The molecule has 0 bridgehead atoms. The molecule has 1 aromatic heterocycles. The van der Waals surface area contributed by atoms with Crippen LogP contribution in [0.25, 0.3) is 0 Å². The van der Waals surface area contributed by atoms with Gasteiger partial charge < -0.3 is 10.1 Å². The number of carbonyl (C=O) groups is 1. The molecular weight excluding hydrogens is 224 g/mol. The van der Waals surface area contributed by atoms with Crippen LogP contribution < -0.4 is 5.32 Å². The molecule has 0 aliphatic carbocycles. The van der Waals surface area contributed by atoms with E-state index in [0.717, 1.165) is 17.1 Å². The van der Waals surface area contributed by atoms with Crippen LogP contribution in [0.4, 0.5) is 4.79 Å². The van der Waals surface area contributed by atoms with Crippen molar-refractivity contribution in [3.63, 3.8) is 0 Å². The van der Waals surface area contributed by atoms with Crippen molar-refractivity contribution < 1.29 is 9.53 Å². The van der Waals surface area contributed by atoms with Crippen LogP contribution in [0.3, 0.4) is 0 Å². The van der Waals surface area contributed by atoms with E-state index in [-0.39, 0.29) is 6.09 Å². The summed E-state index contributed by atoms with van der Waals surface area (Å²) in [5.74, 6) is 0. The van der Waals surface area contributed by atoms with Gasteiger partial charge in [-0.3, -0.25) is 0 Å². The minimum absolute atomic E-state index is 0.374. The Kier molecular flexibility index (Phi) is 4.29. The highest BCUT2D eigenvalue weighted by atomic mass is 32.1. The first-order chi connectivity index (χ1) is 7.37. The predicted molar refractivity (Wildman–Crippen MR) is 64.8 cm³/mol. The number of thiazole rings is 1. The van der Waals surface area contributed by atoms with Gasteiger partial charge in [0.2, 0.25) is 0 Å². The molecular formula is C11H18N2O2S. The average Bonchev–Trinajstić information content (AvgIpc) is 2.48. The fourth-order valence-corrected chi connectivity index (χ4v) is 1.88. The summed E-state index contributed by atoms with van der Waals surface area (Å²) >= 11 is 1.61. The summed E-state index contributed by atoms with van der Waals surface area (Å²) in [6.45, 7) is 8.05. The van der Waals surface area contributed by atoms with E-state index in [1.54, 1.807) is 11.3 Å². The van der Waals surface area contributed by atoms with E-state index < -0.39 is 5.60 Å². The summed E-state index contributed by atoms with van der Waals surface area (Å²) in [7, 11) is 0. The van der Waals surface area contributed by atoms with Gasteiger partial charge in [-0.1, -0.05) is 0 Å². The Bertz CT molecular complexity index is 355. The molecule has 16 heavy (non-hydrogen) atoms. The standard InChI is InChI=1S/C11H18N2O2S/c1-8-7-16-9(13-8)5-6-12-10(14)15-11(2,3)4/h7H,5-6H2,1-4H3,(H,12,14). The molecule has 0 radical (unpaired) electrons. The zero-order valence-corrected chi connectivity index (χ0v) is 11.0. The highest BCUT2D eigenvalue weighted by Gasteiger charge is 2.15. The van der Waals surface area contributed by atoms with Crippen molar-refractivity contribution >= 4 is 17.4 Å². The Labute approximate surface area is 100 Å². The van der Waals surface area contributed by atoms with E-state index in [9.17, 15) is 4.79 Å². The van der Waals surface area contributed by atoms with Gasteiger partial charge in [-0.05, 0) is 27.7 Å². The van der Waals surface area contributed by atoms with Crippen molar-refractivity contribution in [2.24, 2.45) is 0 Å². The van der Waals surface area contributed by atoms with Crippen molar-refractivity contribution in [1.82, 2.24) is 10.3 Å². The molecule has 0 saturated heterocycles. The number of nitrogens with one attached hydrogen (secondary N) is 1. The van der Waals surface area contributed by atoms with Crippen LogP contribution in [0.5, 0.6) is 0 Å². The van der Waals surface area contributed by atoms with Crippen LogP contribution in [-0.2, 0) is 11.2 Å². The molecule has 1 amide bonds. The molecule has 1 rings (SSSR count). The van der Waals surface area contributed by atoms with Gasteiger partial charge in [-0.15, -0.1) is 11.3 Å². The summed E-state index contributed by atoms with van der Waals surface area (Å²) in [4.78, 5) is 15.6. The predicted octanol–water partition coefficient (Wildman–Crippen LogP) is 2.52. The zero-order valence-electron chi connectivity index (χ0n) is 10.2. The van der Waals surface area contributed by atoms with E-state index in [1.165, 1.54) is 0 Å². The molecule has 0 unspecified atom stereocenters. The molecule has 0 atom stereocenters. The summed E-state index contributed by atoms with van der Waals surface area (Å²) < 4.78 is 5.11. The SMILES string of the molecule is Cc1csc(CCNC(=O)OC(C)(C)C)n1. The van der Waals surface area contributed by atoms with E-state index in [4.69, 9.17) is 4.74 Å². The van der Waals surface area contributed by atoms with Gasteiger partial charge in [-0.25, -0.2) is 9.78 Å². The minimum atomic E-state index is -0.443. The smallest absolute Gasteiger partial charge is 0.407 e. The highest BCUT2D eigenvalue weighted by Crippen LogP contribution is 2.09. The number of aryl methyl sites for hydroxylation is 1. The number of ether oxygens (including phenoxy) is 1. The quantitative estimate of drug-likeness (QED) is 0.886. The Morgan fingerprint density at radius 1 is 1.56 bits per heavy atom. The van der Waals surface area contributed by atoms with Crippen LogP contribution in [0.15, 0.2) is 5.38 Å². The van der Waals surface area contributed by atoms with Crippen molar-refractivity contribution in [2.45, 2.75) is 39.7 Å². The van der Waals surface area contributed by atoms with Gasteiger partial charge in [0.15, 0.2) is 0 Å². The molecule has 1 N–H and O–H groups in total. The third-order valence-electron chi connectivity index (χ3n) is 1.67. The van der Waals surface area contributed by atoms with Crippen molar-refractivity contribution in [3.8, 4) is 0 Å². The summed E-state index contributed by atoms with van der Waals surface area (Å²) in [6, 6.07) is 0. The molecule has 0 aliphatic rings. The monoisotopic (exact) mass is 242 g/mol. The first-order valence-corrected chi connectivity index (χ1v) is 6.12. The molecule has 0 aliphatic heterocycles. The molecule has 1 aromatic rings. The molecule has 1 heterocycles. The molecule has 0 spiro atoms. The third kappa shape index (κ3) is 5.11. The van der Waals surface area contributed by atoms with Gasteiger partial charge in [-0.2, -0.15) is 0 Å². The number of hydrogen-bond acceptors (Lipinski definition) is 4. The lowest BCUT2D eigenvalue weighted by atomic mass is 10.2. The number of hydrogen-bond donors (Lipinski definition) is 1. The van der Waals surface area contributed by atoms with E-state index in [2.05, 4.69) is 10.3 Å². The lowest BCUT2D eigenvalue weighted by molar-refractivity contribution is 0.0528. The van der Waals surface area contributed by atoms with Gasteiger partial charge in [0.25, 0.3) is 0 Å². The van der Waals surface area contributed by atoms with Gasteiger partial charge in [0, 0.05) is 24.0 Å². The Balaban J connectivity index is 2.23. The second kappa shape index (κ2) is 5.30. The van der Waals surface area contributed by atoms with E-state index in [0.29, 0.717) is 6.54 Å². The lowest BCUT2D eigenvalue weighted by Crippen LogP contribution is -2.33. The molecule has 4 nitrogen and oxygen atoms in total. The van der Waals surface area contributed by atoms with E-state index in [1.807, 2.05) is 33.1 Å². The highest BCUT2D eigenvalue weighted by molar-refractivity contribution is 7.09. The van der Waals surface area contributed by atoms with Crippen LogP contribution in [0, 0.1) is 6.92 Å². The fraction of sp³-hybridized carbons (Fsp3) is 0.636. The first-order valence-electron chi connectivity index (χ1n) is 5.25. The van der Waals surface area contributed by atoms with Crippen LogP contribution in [0.2, 0.25) is 0 Å². The molecule has 0 aromatic carbocycles. The minimum Gasteiger partial charge on any atom is -0.444 e. The summed E-state index contributed by atoms with van der Waals surface area (Å²) in [5.41, 5.74) is 0.583. The third-order valence-corrected chi connectivity index (χ3v) is 2.70. The maximum atomic E-state index is 11.3. The molecule has 0 fully saturated rings. The second-order valence-corrected chi connectivity index (χ2v) is 5.50. The van der Waals surface area contributed by atoms with Gasteiger partial charge >= 0.3 is 6.09 Å². The number of carbonyl (C=O) groups excluding carboxylic acids is 1. The summed E-state index contributed by atoms with van der Waals surface area (Å²) in [6.07, 6.45) is 0.373. The number of rotatable bonds is 3.